The van der Waals surface area contributed by atoms with Crippen LogP contribution in [0.4, 0.5) is 4.79 Å². The van der Waals surface area contributed by atoms with Crippen LogP contribution in [0.2, 0.25) is 0 Å². The molecule has 3 heterocycles. The van der Waals surface area contributed by atoms with Gasteiger partial charge in [-0.25, -0.2) is 9.78 Å². The predicted octanol–water partition coefficient (Wildman–Crippen LogP) is 2.34. The Balaban J connectivity index is 1.81. The minimum atomic E-state index is -0.865. The monoisotopic (exact) mass is 399 g/mol. The number of imide groups is 1. The summed E-state index contributed by atoms with van der Waals surface area (Å²) < 4.78 is 0. The topological polar surface area (TPSA) is 86.7 Å². The summed E-state index contributed by atoms with van der Waals surface area (Å²) in [7, 11) is 0. The number of amides is 4. The largest absolute Gasteiger partial charge is 0.337 e. The summed E-state index contributed by atoms with van der Waals surface area (Å²) in [6, 6.07) is -0.227. The fourth-order valence-electron chi connectivity index (χ4n) is 3.97. The van der Waals surface area contributed by atoms with E-state index in [0.29, 0.717) is 44.7 Å². The molecule has 0 saturated carbocycles. The van der Waals surface area contributed by atoms with Gasteiger partial charge < -0.3 is 9.80 Å². The molecule has 2 saturated heterocycles. The van der Waals surface area contributed by atoms with E-state index in [1.165, 1.54) is 23.5 Å². The van der Waals surface area contributed by atoms with Crippen LogP contribution in [0.3, 0.4) is 0 Å². The highest BCUT2D eigenvalue weighted by Crippen LogP contribution is 2.38. The lowest BCUT2D eigenvalue weighted by molar-refractivity contribution is -0.135. The number of urea groups is 1. The second-order valence-electron chi connectivity index (χ2n) is 8.40. The Kier molecular flexibility index (Phi) is 6.00. The van der Waals surface area contributed by atoms with Crippen LogP contribution < -0.4 is 0 Å². The summed E-state index contributed by atoms with van der Waals surface area (Å²) in [6.45, 7) is 9.59. The van der Waals surface area contributed by atoms with Gasteiger partial charge in [0.1, 0.15) is 11.2 Å². The van der Waals surface area contributed by atoms with Gasteiger partial charge in [-0.1, -0.05) is 25.5 Å². The van der Waals surface area contributed by atoms with Crippen LogP contribution in [-0.4, -0.2) is 74.2 Å². The van der Waals surface area contributed by atoms with E-state index in [4.69, 9.17) is 0 Å². The number of hydrogen-bond acceptors (Lipinski definition) is 5. The van der Waals surface area contributed by atoms with E-state index in [1.54, 1.807) is 9.80 Å². The number of nitrogens with zero attached hydrogens (tertiary/aromatic N) is 5. The Morgan fingerprint density at radius 3 is 2.45 bits per heavy atom. The van der Waals surface area contributed by atoms with E-state index in [1.807, 2.05) is 33.8 Å². The number of aromatic nitrogens is 2. The van der Waals surface area contributed by atoms with Crippen LogP contribution in [-0.2, 0) is 4.79 Å². The third kappa shape index (κ3) is 4.02. The second kappa shape index (κ2) is 8.31. The van der Waals surface area contributed by atoms with Crippen LogP contribution in [0, 0.1) is 5.92 Å². The zero-order valence-electron chi connectivity index (χ0n) is 17.6. The highest BCUT2D eigenvalue weighted by Gasteiger charge is 2.57. The van der Waals surface area contributed by atoms with Crippen LogP contribution in [0.5, 0.6) is 0 Å². The van der Waals surface area contributed by atoms with Gasteiger partial charge >= 0.3 is 6.03 Å². The molecule has 2 aliphatic heterocycles. The quantitative estimate of drug-likeness (QED) is 0.560. The second-order valence-corrected chi connectivity index (χ2v) is 8.40. The summed E-state index contributed by atoms with van der Waals surface area (Å²) in [5.41, 5.74) is 0.489. The number of rotatable bonds is 5. The van der Waals surface area contributed by atoms with Gasteiger partial charge in [-0.15, -0.1) is 0 Å². The highest BCUT2D eigenvalue weighted by molar-refractivity contribution is 6.07. The number of carbonyl (C=O) groups is 3. The third-order valence-electron chi connectivity index (χ3n) is 5.51. The Hall–Kier alpha value is -2.77. The van der Waals surface area contributed by atoms with E-state index < -0.39 is 5.54 Å². The van der Waals surface area contributed by atoms with Crippen LogP contribution in [0.15, 0.2) is 30.2 Å². The number of likely N-dealkylation sites (tertiary alicyclic amines) is 1. The summed E-state index contributed by atoms with van der Waals surface area (Å²) in [5.74, 6) is -0.0972. The first kappa shape index (κ1) is 21.0. The van der Waals surface area contributed by atoms with Gasteiger partial charge in [0.2, 0.25) is 0 Å². The molecule has 0 unspecified atom stereocenters. The van der Waals surface area contributed by atoms with E-state index in [-0.39, 0.29) is 23.8 Å². The van der Waals surface area contributed by atoms with E-state index in [0.717, 1.165) is 5.57 Å². The number of allylic oxidation sites excluding steroid dienone is 1. The molecule has 8 heteroatoms. The van der Waals surface area contributed by atoms with Crippen molar-refractivity contribution in [2.24, 2.45) is 5.92 Å². The molecule has 8 nitrogen and oxygen atoms in total. The van der Waals surface area contributed by atoms with E-state index in [2.05, 4.69) is 9.97 Å². The average Bonchev–Trinajstić information content (AvgIpc) is 2.88. The van der Waals surface area contributed by atoms with Gasteiger partial charge in [0.25, 0.3) is 11.8 Å². The van der Waals surface area contributed by atoms with Crippen molar-refractivity contribution in [1.29, 1.82) is 0 Å². The molecule has 1 aromatic rings. The molecule has 0 bridgehead atoms. The van der Waals surface area contributed by atoms with Gasteiger partial charge in [0.15, 0.2) is 0 Å². The van der Waals surface area contributed by atoms with Crippen molar-refractivity contribution in [3.8, 4) is 0 Å². The molecule has 0 N–H and O–H groups in total. The molecule has 0 aliphatic carbocycles. The first-order chi connectivity index (χ1) is 13.8. The van der Waals surface area contributed by atoms with E-state index >= 15 is 0 Å². The predicted molar refractivity (Wildman–Crippen MR) is 108 cm³/mol. The number of hydrogen-bond donors (Lipinski definition) is 0. The van der Waals surface area contributed by atoms with Crippen molar-refractivity contribution < 1.29 is 14.4 Å². The zero-order chi connectivity index (χ0) is 21.2. The molecule has 0 atom stereocenters. The summed E-state index contributed by atoms with van der Waals surface area (Å²) in [5, 5.41) is 0. The maximum absolute atomic E-state index is 13.4. The first-order valence-electron chi connectivity index (χ1n) is 10.1. The maximum atomic E-state index is 13.4. The molecule has 3 rings (SSSR count). The molecule has 2 aliphatic rings. The molecule has 4 amide bonds. The lowest BCUT2D eigenvalue weighted by Gasteiger charge is -2.42. The fraction of sp³-hybridized carbons (Fsp3) is 0.571. The van der Waals surface area contributed by atoms with Crippen molar-refractivity contribution in [2.75, 3.05) is 26.2 Å². The zero-order valence-corrected chi connectivity index (χ0v) is 17.6. The molecule has 0 aromatic carbocycles. The smallest absolute Gasteiger partial charge is 0.327 e. The van der Waals surface area contributed by atoms with Gasteiger partial charge in [-0.2, -0.15) is 0 Å². The Morgan fingerprint density at radius 1 is 1.21 bits per heavy atom. The van der Waals surface area contributed by atoms with Crippen molar-refractivity contribution in [3.05, 3.63) is 35.9 Å². The van der Waals surface area contributed by atoms with Gasteiger partial charge in [0.05, 0.1) is 6.20 Å². The maximum Gasteiger partial charge on any atom is 0.327 e. The molecular formula is C21H29N5O3. The van der Waals surface area contributed by atoms with Crippen molar-refractivity contribution >= 4 is 17.8 Å². The number of piperidine rings is 1. The Bertz CT molecular complexity index is 809. The molecule has 2 fully saturated rings. The third-order valence-corrected chi connectivity index (χ3v) is 5.51. The minimum absolute atomic E-state index is 0.146. The fourth-order valence-corrected chi connectivity index (χ4v) is 3.97. The molecule has 0 radical (unpaired) electrons. The molecule has 1 spiro atoms. The summed E-state index contributed by atoms with van der Waals surface area (Å²) in [6.07, 6.45) is 7.22. The Morgan fingerprint density at radius 2 is 1.90 bits per heavy atom. The average molecular weight is 399 g/mol. The number of carbonyl (C=O) groups excluding carboxylic acids is 3. The lowest BCUT2D eigenvalue weighted by atomic mass is 9.85. The molecule has 156 valence electrons. The SMILES string of the molecule is CC(C)=CCN1C(=O)N(CC(C)C)C2(CCN(C(=O)c3cnccn3)CC2)C1=O. The Labute approximate surface area is 171 Å². The molecule has 29 heavy (non-hydrogen) atoms. The highest BCUT2D eigenvalue weighted by atomic mass is 16.2. The first-order valence-corrected chi connectivity index (χ1v) is 10.1. The van der Waals surface area contributed by atoms with Crippen LogP contribution >= 0.6 is 0 Å². The molecule has 1 aromatic heterocycles. The standard InChI is InChI=1S/C21H29N5O3/c1-15(2)5-10-25-19(28)21(26(20(25)29)14-16(3)4)6-11-24(12-7-21)18(27)17-13-22-8-9-23-17/h5,8-9,13,16H,6-7,10-12,14H2,1-4H3. The van der Waals surface area contributed by atoms with Gasteiger partial charge in [-0.3, -0.25) is 19.5 Å². The summed E-state index contributed by atoms with van der Waals surface area (Å²) >= 11 is 0. The molecular weight excluding hydrogens is 370 g/mol. The van der Waals surface area contributed by atoms with Gasteiger partial charge in [0, 0.05) is 38.6 Å². The lowest BCUT2D eigenvalue weighted by Crippen LogP contribution is -2.58. The van der Waals surface area contributed by atoms with Crippen LogP contribution in [0.1, 0.15) is 51.0 Å². The van der Waals surface area contributed by atoms with Gasteiger partial charge in [-0.05, 0) is 32.6 Å². The van der Waals surface area contributed by atoms with Crippen LogP contribution in [0.25, 0.3) is 0 Å². The minimum Gasteiger partial charge on any atom is -0.337 e. The van der Waals surface area contributed by atoms with Crippen molar-refractivity contribution in [2.45, 2.75) is 46.1 Å². The summed E-state index contributed by atoms with van der Waals surface area (Å²) in [4.78, 5) is 51.9. The van der Waals surface area contributed by atoms with Crippen molar-refractivity contribution in [3.63, 3.8) is 0 Å². The van der Waals surface area contributed by atoms with Crippen molar-refractivity contribution in [1.82, 2.24) is 24.7 Å². The van der Waals surface area contributed by atoms with E-state index in [9.17, 15) is 14.4 Å². The normalized spacial score (nSPS) is 18.7.